The third kappa shape index (κ3) is 1.54. The van der Waals surface area contributed by atoms with E-state index in [1.165, 1.54) is 0 Å². The van der Waals surface area contributed by atoms with Crippen molar-refractivity contribution in [1.29, 1.82) is 0 Å². The molecule has 1 heterocycles. The van der Waals surface area contributed by atoms with Crippen LogP contribution in [0.1, 0.15) is 0 Å². The van der Waals surface area contributed by atoms with Crippen molar-refractivity contribution >= 4 is 18.3 Å². The Balaban J connectivity index is 2.11. The van der Waals surface area contributed by atoms with Gasteiger partial charge in [0.2, 0.25) is 0 Å². The highest BCUT2D eigenvalue weighted by molar-refractivity contribution is 7.80. The first-order chi connectivity index (χ1) is 5.86. The number of benzene rings is 1. The largest absolute Gasteiger partial charge is 0.249 e. The van der Waals surface area contributed by atoms with Crippen LogP contribution in [0.25, 0.3) is 0 Å². The Morgan fingerprint density at radius 3 is 2.67 bits per heavy atom. The number of hydrogen-bond donors (Lipinski definition) is 3. The molecule has 2 N–H and O–H groups in total. The molecule has 1 aliphatic heterocycles. The fourth-order valence-corrected chi connectivity index (χ4v) is 1.13. The van der Waals surface area contributed by atoms with Crippen LogP contribution in [0.2, 0.25) is 0 Å². The van der Waals surface area contributed by atoms with Crippen molar-refractivity contribution in [3.8, 4) is 0 Å². The number of para-hydroxylation sites is 1. The summed E-state index contributed by atoms with van der Waals surface area (Å²) in [6.45, 7) is 0. The quantitative estimate of drug-likeness (QED) is 0.559. The van der Waals surface area contributed by atoms with Crippen LogP contribution in [0.15, 0.2) is 30.3 Å². The van der Waals surface area contributed by atoms with Crippen molar-refractivity contribution < 1.29 is 4.84 Å². The smallest absolute Gasteiger partial charge is 0.193 e. The van der Waals surface area contributed by atoms with Gasteiger partial charge in [-0.3, -0.25) is 0 Å². The molecule has 0 bridgehead atoms. The number of nitrogens with zero attached hydrogens (tertiary/aromatic N) is 1. The number of thiol groups is 1. The minimum absolute atomic E-state index is 0.301. The van der Waals surface area contributed by atoms with Gasteiger partial charge in [0.15, 0.2) is 5.56 Å². The van der Waals surface area contributed by atoms with Gasteiger partial charge in [0.05, 0.1) is 5.69 Å². The van der Waals surface area contributed by atoms with Crippen LogP contribution in [-0.2, 0) is 4.84 Å². The monoisotopic (exact) mass is 183 g/mol. The first-order valence-electron chi connectivity index (χ1n) is 3.57. The Morgan fingerprint density at radius 2 is 2.08 bits per heavy atom. The van der Waals surface area contributed by atoms with Crippen molar-refractivity contribution in [3.05, 3.63) is 30.3 Å². The highest BCUT2D eigenvalue weighted by atomic mass is 32.1. The Morgan fingerprint density at radius 1 is 1.33 bits per heavy atom. The molecule has 1 atom stereocenters. The molecule has 5 heteroatoms. The summed E-state index contributed by atoms with van der Waals surface area (Å²) in [5.74, 6) is 0. The summed E-state index contributed by atoms with van der Waals surface area (Å²) in [4.78, 5) is 4.95. The van der Waals surface area contributed by atoms with E-state index in [2.05, 4.69) is 23.6 Å². The molecule has 64 valence electrons. The Labute approximate surface area is 75.8 Å². The van der Waals surface area contributed by atoms with E-state index < -0.39 is 0 Å². The van der Waals surface area contributed by atoms with Gasteiger partial charge in [0, 0.05) is 0 Å². The lowest BCUT2D eigenvalue weighted by Gasteiger charge is -2.14. The van der Waals surface area contributed by atoms with E-state index in [9.17, 15) is 0 Å². The molecule has 0 radical (unpaired) electrons. The third-order valence-electron chi connectivity index (χ3n) is 1.51. The summed E-state index contributed by atoms with van der Waals surface area (Å²) in [7, 11) is 0. The lowest BCUT2D eigenvalue weighted by molar-refractivity contribution is 0.0770. The molecule has 0 aliphatic carbocycles. The lowest BCUT2D eigenvalue weighted by atomic mass is 10.3. The van der Waals surface area contributed by atoms with Crippen molar-refractivity contribution in [2.45, 2.75) is 5.56 Å². The lowest BCUT2D eigenvalue weighted by Crippen LogP contribution is -2.38. The van der Waals surface area contributed by atoms with Crippen LogP contribution in [0, 0.1) is 0 Å². The molecule has 0 spiro atoms. The van der Waals surface area contributed by atoms with Crippen LogP contribution in [0.4, 0.5) is 5.69 Å². The average molecular weight is 183 g/mol. The minimum atomic E-state index is -0.301. The van der Waals surface area contributed by atoms with E-state index >= 15 is 0 Å². The topological polar surface area (TPSA) is 36.5 Å². The van der Waals surface area contributed by atoms with Gasteiger partial charge >= 0.3 is 0 Å². The molecule has 1 aliphatic rings. The minimum Gasteiger partial charge on any atom is -0.249 e. The van der Waals surface area contributed by atoms with Crippen molar-refractivity contribution in [2.75, 3.05) is 5.12 Å². The molecule has 0 aromatic heterocycles. The Kier molecular flexibility index (Phi) is 2.18. The summed E-state index contributed by atoms with van der Waals surface area (Å²) in [6, 6.07) is 9.76. The third-order valence-corrected chi connectivity index (χ3v) is 1.73. The van der Waals surface area contributed by atoms with E-state index in [0.717, 1.165) is 5.69 Å². The van der Waals surface area contributed by atoms with Gasteiger partial charge in [-0.25, -0.2) is 9.96 Å². The van der Waals surface area contributed by atoms with Gasteiger partial charge in [-0.1, -0.05) is 23.8 Å². The van der Waals surface area contributed by atoms with Crippen LogP contribution >= 0.6 is 12.6 Å². The van der Waals surface area contributed by atoms with Gasteiger partial charge in [0.25, 0.3) is 0 Å². The highest BCUT2D eigenvalue weighted by Gasteiger charge is 2.18. The van der Waals surface area contributed by atoms with Gasteiger partial charge in [-0.15, -0.1) is 12.6 Å². The van der Waals surface area contributed by atoms with Gasteiger partial charge < -0.3 is 0 Å². The average Bonchev–Trinajstić information content (AvgIpc) is 2.54. The molecule has 1 unspecified atom stereocenters. The van der Waals surface area contributed by atoms with E-state index in [0.29, 0.717) is 0 Å². The summed E-state index contributed by atoms with van der Waals surface area (Å²) in [6.07, 6.45) is 0. The van der Waals surface area contributed by atoms with Crippen molar-refractivity contribution in [1.82, 2.24) is 11.0 Å². The molecule has 12 heavy (non-hydrogen) atoms. The molecule has 4 nitrogen and oxygen atoms in total. The zero-order valence-electron chi connectivity index (χ0n) is 6.27. The van der Waals surface area contributed by atoms with Crippen LogP contribution in [-0.4, -0.2) is 5.56 Å². The highest BCUT2D eigenvalue weighted by Crippen LogP contribution is 2.12. The number of hydrogen-bond acceptors (Lipinski definition) is 5. The second kappa shape index (κ2) is 3.32. The first-order valence-corrected chi connectivity index (χ1v) is 4.08. The number of rotatable bonds is 1. The van der Waals surface area contributed by atoms with Crippen LogP contribution in [0.3, 0.4) is 0 Å². The van der Waals surface area contributed by atoms with Crippen LogP contribution < -0.4 is 16.1 Å². The summed E-state index contributed by atoms with van der Waals surface area (Å²) < 4.78 is 0. The first kappa shape index (κ1) is 7.88. The predicted molar refractivity (Wildman–Crippen MR) is 49.1 cm³/mol. The number of nitrogens with one attached hydrogen (secondary N) is 2. The normalized spacial score (nSPS) is 23.1. The maximum Gasteiger partial charge on any atom is 0.193 e. The summed E-state index contributed by atoms with van der Waals surface area (Å²) in [5, 5.41) is 1.66. The molecular formula is C7H9N3OS. The van der Waals surface area contributed by atoms with Gasteiger partial charge in [-0.2, -0.15) is 5.43 Å². The van der Waals surface area contributed by atoms with Crippen molar-refractivity contribution in [3.63, 3.8) is 0 Å². The van der Waals surface area contributed by atoms with Crippen LogP contribution in [0.5, 0.6) is 0 Å². The molecule has 0 amide bonds. The van der Waals surface area contributed by atoms with Crippen molar-refractivity contribution in [2.24, 2.45) is 0 Å². The maximum atomic E-state index is 4.95. The van der Waals surface area contributed by atoms with E-state index in [4.69, 9.17) is 4.84 Å². The fraction of sp³-hybridized carbons (Fsp3) is 0.143. The van der Waals surface area contributed by atoms with Gasteiger partial charge in [-0.05, 0) is 12.1 Å². The molecule has 2 rings (SSSR count). The maximum absolute atomic E-state index is 4.95. The SMILES string of the molecule is SC1NN(c2ccccc2)NO1. The second-order valence-corrected chi connectivity index (χ2v) is 2.83. The zero-order valence-corrected chi connectivity index (χ0v) is 7.16. The summed E-state index contributed by atoms with van der Waals surface area (Å²) in [5.41, 5.74) is 6.28. The predicted octanol–water partition coefficient (Wildman–Crippen LogP) is 0.661. The molecule has 1 aromatic rings. The van der Waals surface area contributed by atoms with E-state index in [-0.39, 0.29) is 5.56 Å². The van der Waals surface area contributed by atoms with E-state index in [1.54, 1.807) is 5.12 Å². The Bertz CT molecular complexity index is 256. The van der Waals surface area contributed by atoms with Gasteiger partial charge in [0.1, 0.15) is 0 Å². The number of hydrazine groups is 2. The Hall–Kier alpha value is -0.750. The molecule has 1 saturated heterocycles. The summed E-state index contributed by atoms with van der Waals surface area (Å²) >= 11 is 4.06. The standard InChI is InChI=1S/C7H9N3OS/c12-7-8-10(9-11-7)6-4-2-1-3-5-6/h1-5,7-9,12H. The zero-order chi connectivity index (χ0) is 8.39. The second-order valence-electron chi connectivity index (χ2n) is 2.36. The molecular weight excluding hydrogens is 174 g/mol. The molecule has 0 saturated carbocycles. The molecule has 1 fully saturated rings. The van der Waals surface area contributed by atoms with E-state index in [1.807, 2.05) is 30.3 Å². The number of anilines is 1. The molecule has 1 aromatic carbocycles. The fourth-order valence-electron chi connectivity index (χ4n) is 0.970.